The van der Waals surface area contributed by atoms with Crippen molar-refractivity contribution in [2.75, 3.05) is 36.9 Å². The topological polar surface area (TPSA) is 79.4 Å². The van der Waals surface area contributed by atoms with Crippen molar-refractivity contribution in [2.24, 2.45) is 0 Å². The number of amides is 1. The average Bonchev–Trinajstić information content (AvgIpc) is 3.01. The number of halogens is 2. The van der Waals surface area contributed by atoms with E-state index in [1.807, 2.05) is 25.1 Å². The third-order valence-corrected chi connectivity index (χ3v) is 7.27. The highest BCUT2D eigenvalue weighted by Gasteiger charge is 2.17. The zero-order chi connectivity index (χ0) is 29.1. The van der Waals surface area contributed by atoms with E-state index in [0.717, 1.165) is 55.7 Å². The molecule has 0 bridgehead atoms. The van der Waals surface area contributed by atoms with Gasteiger partial charge in [-0.05, 0) is 66.6 Å². The summed E-state index contributed by atoms with van der Waals surface area (Å²) in [6, 6.07) is 24.2. The van der Waals surface area contributed by atoms with Gasteiger partial charge in [0, 0.05) is 47.5 Å². The maximum atomic E-state index is 14.7. The van der Waals surface area contributed by atoms with Crippen LogP contribution in [0.5, 0.6) is 0 Å². The second kappa shape index (κ2) is 12.0. The van der Waals surface area contributed by atoms with Crippen molar-refractivity contribution in [2.45, 2.75) is 13.5 Å². The lowest BCUT2D eigenvalue weighted by atomic mass is 10.1. The van der Waals surface area contributed by atoms with Crippen molar-refractivity contribution in [3.8, 4) is 11.3 Å². The van der Waals surface area contributed by atoms with Crippen molar-refractivity contribution in [3.63, 3.8) is 0 Å². The van der Waals surface area contributed by atoms with Gasteiger partial charge in [0.05, 0.1) is 24.4 Å². The molecule has 7 nitrogen and oxygen atoms in total. The molecule has 1 amide bonds. The highest BCUT2D eigenvalue weighted by atomic mass is 19.2. The molecule has 2 N–H and O–H groups in total. The lowest BCUT2D eigenvalue weighted by Crippen LogP contribution is -2.35. The van der Waals surface area contributed by atoms with Crippen molar-refractivity contribution in [3.05, 3.63) is 113 Å². The van der Waals surface area contributed by atoms with Gasteiger partial charge in [0.15, 0.2) is 11.6 Å². The van der Waals surface area contributed by atoms with Gasteiger partial charge >= 0.3 is 0 Å². The van der Waals surface area contributed by atoms with Gasteiger partial charge in [-0.1, -0.05) is 36.4 Å². The quantitative estimate of drug-likeness (QED) is 0.228. The first-order valence-corrected chi connectivity index (χ1v) is 13.7. The van der Waals surface area contributed by atoms with Gasteiger partial charge in [0.25, 0.3) is 5.91 Å². The number of nitrogens with one attached hydrogen (secondary N) is 2. The second-order valence-corrected chi connectivity index (χ2v) is 10.2. The van der Waals surface area contributed by atoms with E-state index >= 15 is 0 Å². The van der Waals surface area contributed by atoms with E-state index in [-0.39, 0.29) is 23.1 Å². The molecular formula is C33H29F2N5O2. The van der Waals surface area contributed by atoms with Gasteiger partial charge in [0.1, 0.15) is 0 Å². The number of anilines is 3. The number of ether oxygens (including phenoxy) is 1. The minimum atomic E-state index is -0.968. The summed E-state index contributed by atoms with van der Waals surface area (Å²) in [4.78, 5) is 24.5. The van der Waals surface area contributed by atoms with Crippen LogP contribution >= 0.6 is 0 Å². The molecule has 1 aliphatic rings. The van der Waals surface area contributed by atoms with Gasteiger partial charge in [0.2, 0.25) is 5.95 Å². The van der Waals surface area contributed by atoms with Crippen molar-refractivity contribution >= 4 is 34.1 Å². The molecule has 0 aliphatic carbocycles. The zero-order valence-electron chi connectivity index (χ0n) is 23.0. The van der Waals surface area contributed by atoms with Crippen LogP contribution in [0.3, 0.4) is 0 Å². The van der Waals surface area contributed by atoms with Crippen LogP contribution in [-0.2, 0) is 11.3 Å². The molecule has 0 unspecified atom stereocenters. The van der Waals surface area contributed by atoms with Crippen LogP contribution < -0.4 is 10.6 Å². The Hall–Kier alpha value is -4.73. The molecule has 1 saturated heterocycles. The van der Waals surface area contributed by atoms with Crippen LogP contribution in [0.15, 0.2) is 84.9 Å². The fraction of sp³-hybridized carbons (Fsp3) is 0.182. The summed E-state index contributed by atoms with van der Waals surface area (Å²) in [7, 11) is 0. The number of hydrogen-bond acceptors (Lipinski definition) is 6. The maximum absolute atomic E-state index is 14.7. The molecule has 0 spiro atoms. The minimum absolute atomic E-state index is 0.0491. The number of hydrogen-bond donors (Lipinski definition) is 2. The van der Waals surface area contributed by atoms with Crippen LogP contribution in [-0.4, -0.2) is 47.1 Å². The Morgan fingerprint density at radius 3 is 2.52 bits per heavy atom. The SMILES string of the molecule is Cc1ccc(CN2CCOCC2)cc1NC(=O)c1ccc(Nc2nc(-c3cccc(F)c3F)c3ccccc3n2)cc1. The largest absolute Gasteiger partial charge is 0.379 e. The molecule has 2 heterocycles. The molecule has 9 heteroatoms. The molecule has 5 aromatic rings. The Kier molecular flexibility index (Phi) is 7.85. The maximum Gasteiger partial charge on any atom is 0.255 e. The normalized spacial score (nSPS) is 13.7. The number of carbonyl (C=O) groups excluding carboxylic acids is 1. The number of aryl methyl sites for hydroxylation is 1. The molecule has 42 heavy (non-hydrogen) atoms. The summed E-state index contributed by atoms with van der Waals surface area (Å²) < 4.78 is 34.2. The first-order chi connectivity index (χ1) is 20.4. The summed E-state index contributed by atoms with van der Waals surface area (Å²) in [5.41, 5.74) is 4.91. The third-order valence-electron chi connectivity index (χ3n) is 7.27. The van der Waals surface area contributed by atoms with Crippen LogP contribution in [0.25, 0.3) is 22.2 Å². The Labute approximate surface area is 242 Å². The highest BCUT2D eigenvalue weighted by Crippen LogP contribution is 2.31. The first kappa shape index (κ1) is 27.4. The predicted molar refractivity (Wildman–Crippen MR) is 160 cm³/mol. The number of morpholine rings is 1. The summed E-state index contributed by atoms with van der Waals surface area (Å²) >= 11 is 0. The van der Waals surface area contributed by atoms with E-state index in [1.165, 1.54) is 12.1 Å². The van der Waals surface area contributed by atoms with Gasteiger partial charge in [-0.2, -0.15) is 0 Å². The lowest BCUT2D eigenvalue weighted by Gasteiger charge is -2.26. The van der Waals surface area contributed by atoms with Gasteiger partial charge in [-0.25, -0.2) is 18.7 Å². The van der Waals surface area contributed by atoms with E-state index in [9.17, 15) is 13.6 Å². The van der Waals surface area contributed by atoms with Gasteiger partial charge in [-0.15, -0.1) is 0 Å². The molecule has 1 fully saturated rings. The molecule has 0 atom stereocenters. The molecule has 6 rings (SSSR count). The molecule has 0 saturated carbocycles. The Morgan fingerprint density at radius 2 is 1.71 bits per heavy atom. The Balaban J connectivity index is 1.19. The molecule has 0 radical (unpaired) electrons. The number of carbonyl (C=O) groups is 1. The molecule has 4 aromatic carbocycles. The smallest absolute Gasteiger partial charge is 0.255 e. The third kappa shape index (κ3) is 5.97. The first-order valence-electron chi connectivity index (χ1n) is 13.7. The van der Waals surface area contributed by atoms with E-state index < -0.39 is 11.6 Å². The van der Waals surface area contributed by atoms with Crippen LogP contribution in [0, 0.1) is 18.6 Å². The number of rotatable bonds is 7. The molecule has 1 aliphatic heterocycles. The number of benzene rings is 4. The summed E-state index contributed by atoms with van der Waals surface area (Å²) in [6.45, 7) is 6.03. The van der Waals surface area contributed by atoms with Crippen LogP contribution in [0.4, 0.5) is 26.1 Å². The summed E-state index contributed by atoms with van der Waals surface area (Å²) in [5.74, 6) is -1.92. The fourth-order valence-electron chi connectivity index (χ4n) is 4.97. The van der Waals surface area contributed by atoms with Crippen molar-refractivity contribution in [1.82, 2.24) is 14.9 Å². The van der Waals surface area contributed by atoms with E-state index in [4.69, 9.17) is 4.74 Å². The van der Waals surface area contributed by atoms with E-state index in [1.54, 1.807) is 42.5 Å². The molecule has 1 aromatic heterocycles. The average molecular weight is 566 g/mol. The van der Waals surface area contributed by atoms with Crippen molar-refractivity contribution in [1.29, 1.82) is 0 Å². The minimum Gasteiger partial charge on any atom is -0.379 e. The van der Waals surface area contributed by atoms with Crippen LogP contribution in [0.1, 0.15) is 21.5 Å². The second-order valence-electron chi connectivity index (χ2n) is 10.2. The summed E-state index contributed by atoms with van der Waals surface area (Å²) in [6.07, 6.45) is 0. The zero-order valence-corrected chi connectivity index (χ0v) is 23.0. The predicted octanol–water partition coefficient (Wildman–Crippen LogP) is 6.71. The Bertz CT molecular complexity index is 1750. The number of aromatic nitrogens is 2. The Morgan fingerprint density at radius 1 is 0.929 bits per heavy atom. The highest BCUT2D eigenvalue weighted by molar-refractivity contribution is 6.05. The van der Waals surface area contributed by atoms with Crippen molar-refractivity contribution < 1.29 is 18.3 Å². The van der Waals surface area contributed by atoms with Crippen LogP contribution in [0.2, 0.25) is 0 Å². The van der Waals surface area contributed by atoms with Gasteiger partial charge < -0.3 is 15.4 Å². The van der Waals surface area contributed by atoms with E-state index in [2.05, 4.69) is 31.6 Å². The number of nitrogens with zero attached hydrogens (tertiary/aromatic N) is 3. The number of para-hydroxylation sites is 1. The summed E-state index contributed by atoms with van der Waals surface area (Å²) in [5, 5.41) is 6.76. The molecule has 212 valence electrons. The number of fused-ring (bicyclic) bond motifs is 1. The monoisotopic (exact) mass is 565 g/mol. The fourth-order valence-corrected chi connectivity index (χ4v) is 4.97. The molecular weight excluding hydrogens is 536 g/mol. The van der Waals surface area contributed by atoms with E-state index in [0.29, 0.717) is 22.2 Å². The van der Waals surface area contributed by atoms with Gasteiger partial charge in [-0.3, -0.25) is 9.69 Å². The lowest BCUT2D eigenvalue weighted by molar-refractivity contribution is 0.0342. The standard InChI is InChI=1S/C33H29F2N5O2/c1-21-9-10-22(20-40-15-17-42-18-16-40)19-29(21)37-32(41)23-11-13-24(14-12-23)36-33-38-28-8-3-2-5-25(28)31(39-33)26-6-4-7-27(34)30(26)35/h2-14,19H,15-18,20H2,1H3,(H,37,41)(H,36,38,39).